The first-order chi connectivity index (χ1) is 11.6. The van der Waals surface area contributed by atoms with Crippen molar-refractivity contribution < 1.29 is 4.79 Å². The highest BCUT2D eigenvalue weighted by Gasteiger charge is 2.29. The van der Waals surface area contributed by atoms with Crippen LogP contribution in [0.15, 0.2) is 18.3 Å². The number of fused-ring (bicyclic) bond motifs is 1. The highest BCUT2D eigenvalue weighted by atomic mass is 16.1. The van der Waals surface area contributed by atoms with Crippen LogP contribution in [0.4, 0.5) is 0 Å². The van der Waals surface area contributed by atoms with E-state index in [4.69, 9.17) is 0 Å². The number of amides is 1. The molecule has 6 heteroatoms. The molecule has 24 heavy (non-hydrogen) atoms. The van der Waals surface area contributed by atoms with Gasteiger partial charge in [-0.1, -0.05) is 0 Å². The molecule has 1 saturated heterocycles. The Hall–Kier alpha value is -1.95. The Kier molecular flexibility index (Phi) is 4.00. The molecular weight excluding hydrogens is 302 g/mol. The largest absolute Gasteiger partial charge is 0.352 e. The van der Waals surface area contributed by atoms with E-state index >= 15 is 0 Å². The van der Waals surface area contributed by atoms with Crippen molar-refractivity contribution in [1.82, 2.24) is 24.8 Å². The van der Waals surface area contributed by atoms with Gasteiger partial charge in [0.1, 0.15) is 5.82 Å². The molecule has 0 aromatic carbocycles. The summed E-state index contributed by atoms with van der Waals surface area (Å²) < 4.78 is 2.00. The Balaban J connectivity index is 1.55. The van der Waals surface area contributed by atoms with Crippen LogP contribution in [0.25, 0.3) is 5.65 Å². The summed E-state index contributed by atoms with van der Waals surface area (Å²) in [5.74, 6) is 2.04. The van der Waals surface area contributed by atoms with Crippen LogP contribution in [0.5, 0.6) is 0 Å². The third kappa shape index (κ3) is 3.02. The smallest absolute Gasteiger partial charge is 0.252 e. The van der Waals surface area contributed by atoms with Crippen molar-refractivity contribution in [2.75, 3.05) is 19.6 Å². The molecule has 1 N–H and O–H groups in total. The van der Waals surface area contributed by atoms with E-state index in [1.807, 2.05) is 22.7 Å². The van der Waals surface area contributed by atoms with Crippen LogP contribution in [0.3, 0.4) is 0 Å². The van der Waals surface area contributed by atoms with Crippen molar-refractivity contribution in [3.8, 4) is 0 Å². The topological polar surface area (TPSA) is 62.5 Å². The number of likely N-dealkylation sites (tertiary alicyclic amines) is 1. The SMILES string of the molecule is CC(C)N1CC[C@@H](c2nnc3ccc(C(=O)NCC4CC4)cn23)C1. The third-order valence-corrected chi connectivity index (χ3v) is 5.25. The van der Waals surface area contributed by atoms with Crippen LogP contribution in [0, 0.1) is 5.92 Å². The molecule has 1 aliphatic carbocycles. The molecule has 6 nitrogen and oxygen atoms in total. The molecule has 0 radical (unpaired) electrons. The molecule has 1 aliphatic heterocycles. The van der Waals surface area contributed by atoms with E-state index in [0.29, 0.717) is 23.4 Å². The predicted octanol–water partition coefficient (Wildman–Crippen LogP) is 2.07. The van der Waals surface area contributed by atoms with Gasteiger partial charge in [0.25, 0.3) is 5.91 Å². The number of nitrogens with one attached hydrogen (secondary N) is 1. The molecule has 4 rings (SSSR count). The van der Waals surface area contributed by atoms with Gasteiger partial charge in [0.15, 0.2) is 5.65 Å². The van der Waals surface area contributed by atoms with Gasteiger partial charge in [0.2, 0.25) is 0 Å². The Morgan fingerprint density at radius 2 is 2.12 bits per heavy atom. The van der Waals surface area contributed by atoms with E-state index in [9.17, 15) is 4.79 Å². The third-order valence-electron chi connectivity index (χ3n) is 5.25. The predicted molar refractivity (Wildman–Crippen MR) is 92.1 cm³/mol. The van der Waals surface area contributed by atoms with E-state index in [2.05, 4.69) is 34.3 Å². The van der Waals surface area contributed by atoms with Crippen molar-refractivity contribution in [2.24, 2.45) is 5.92 Å². The Labute approximate surface area is 142 Å². The number of carbonyl (C=O) groups excluding carboxylic acids is 1. The summed E-state index contributed by atoms with van der Waals surface area (Å²) in [5.41, 5.74) is 1.50. The van der Waals surface area contributed by atoms with Crippen LogP contribution < -0.4 is 5.32 Å². The van der Waals surface area contributed by atoms with Gasteiger partial charge in [-0.05, 0) is 57.7 Å². The summed E-state index contributed by atoms with van der Waals surface area (Å²) in [5, 5.41) is 11.7. The van der Waals surface area contributed by atoms with E-state index < -0.39 is 0 Å². The summed E-state index contributed by atoms with van der Waals surface area (Å²) in [6.07, 6.45) is 5.47. The highest BCUT2D eigenvalue weighted by molar-refractivity contribution is 5.94. The number of nitrogens with zero attached hydrogens (tertiary/aromatic N) is 4. The number of hydrogen-bond donors (Lipinski definition) is 1. The van der Waals surface area contributed by atoms with Crippen molar-refractivity contribution in [3.63, 3.8) is 0 Å². The zero-order chi connectivity index (χ0) is 16.7. The molecule has 1 amide bonds. The van der Waals surface area contributed by atoms with E-state index in [0.717, 1.165) is 37.5 Å². The zero-order valence-corrected chi connectivity index (χ0v) is 14.4. The van der Waals surface area contributed by atoms with Crippen LogP contribution in [0.2, 0.25) is 0 Å². The number of carbonyl (C=O) groups is 1. The Morgan fingerprint density at radius 3 is 2.83 bits per heavy atom. The molecule has 1 saturated carbocycles. The van der Waals surface area contributed by atoms with Crippen LogP contribution in [-0.2, 0) is 0 Å². The second-order valence-electron chi connectivity index (χ2n) is 7.43. The minimum Gasteiger partial charge on any atom is -0.352 e. The minimum atomic E-state index is -0.00122. The molecule has 3 heterocycles. The van der Waals surface area contributed by atoms with Crippen molar-refractivity contribution in [1.29, 1.82) is 0 Å². The number of aromatic nitrogens is 3. The maximum absolute atomic E-state index is 12.3. The Morgan fingerprint density at radius 1 is 1.29 bits per heavy atom. The van der Waals surface area contributed by atoms with Gasteiger partial charge in [-0.15, -0.1) is 10.2 Å². The quantitative estimate of drug-likeness (QED) is 0.913. The molecule has 0 unspecified atom stereocenters. The average molecular weight is 327 g/mol. The van der Waals surface area contributed by atoms with Crippen LogP contribution in [-0.4, -0.2) is 51.1 Å². The van der Waals surface area contributed by atoms with Crippen molar-refractivity contribution in [3.05, 3.63) is 29.7 Å². The lowest BCUT2D eigenvalue weighted by Gasteiger charge is -2.19. The first-order valence-corrected chi connectivity index (χ1v) is 8.98. The maximum Gasteiger partial charge on any atom is 0.252 e. The molecule has 0 spiro atoms. The zero-order valence-electron chi connectivity index (χ0n) is 14.4. The summed E-state index contributed by atoms with van der Waals surface area (Å²) >= 11 is 0. The fourth-order valence-electron chi connectivity index (χ4n) is 3.45. The average Bonchev–Trinajstić information content (AvgIpc) is 3.10. The molecule has 2 aliphatic rings. The summed E-state index contributed by atoms with van der Waals surface area (Å²) in [4.78, 5) is 14.8. The highest BCUT2D eigenvalue weighted by Crippen LogP contribution is 2.28. The minimum absolute atomic E-state index is 0.00122. The van der Waals surface area contributed by atoms with E-state index in [-0.39, 0.29) is 5.91 Å². The van der Waals surface area contributed by atoms with E-state index in [1.54, 1.807) is 0 Å². The standard InChI is InChI=1S/C18H25N5O/c1-12(2)22-8-7-14(10-22)17-21-20-16-6-5-15(11-23(16)17)18(24)19-9-13-3-4-13/h5-6,11-14H,3-4,7-10H2,1-2H3,(H,19,24)/t14-/m1/s1. The summed E-state index contributed by atoms with van der Waals surface area (Å²) in [6, 6.07) is 4.28. The maximum atomic E-state index is 12.3. The molecule has 128 valence electrons. The van der Waals surface area contributed by atoms with Crippen molar-refractivity contribution in [2.45, 2.75) is 45.1 Å². The summed E-state index contributed by atoms with van der Waals surface area (Å²) in [7, 11) is 0. The molecule has 2 fully saturated rings. The van der Waals surface area contributed by atoms with Gasteiger partial charge < -0.3 is 10.2 Å². The number of hydrogen-bond acceptors (Lipinski definition) is 4. The lowest BCUT2D eigenvalue weighted by atomic mass is 10.1. The molecule has 1 atom stereocenters. The molecule has 2 aromatic heterocycles. The second kappa shape index (κ2) is 6.16. The fourth-order valence-corrected chi connectivity index (χ4v) is 3.45. The van der Waals surface area contributed by atoms with Gasteiger partial charge in [-0.2, -0.15) is 0 Å². The molecule has 0 bridgehead atoms. The lowest BCUT2D eigenvalue weighted by Crippen LogP contribution is -2.28. The first kappa shape index (κ1) is 15.6. The fraction of sp³-hybridized carbons (Fsp3) is 0.611. The number of rotatable bonds is 5. The number of pyridine rings is 1. The van der Waals surface area contributed by atoms with Gasteiger partial charge in [0, 0.05) is 31.2 Å². The molecule has 2 aromatic rings. The van der Waals surface area contributed by atoms with Crippen LogP contribution in [0.1, 0.15) is 55.2 Å². The monoisotopic (exact) mass is 327 g/mol. The summed E-state index contributed by atoms with van der Waals surface area (Å²) in [6.45, 7) is 7.35. The first-order valence-electron chi connectivity index (χ1n) is 8.98. The van der Waals surface area contributed by atoms with Crippen molar-refractivity contribution >= 4 is 11.6 Å². The molecular formula is C18H25N5O. The normalized spacial score (nSPS) is 21.7. The Bertz CT molecular complexity index is 749. The lowest BCUT2D eigenvalue weighted by molar-refractivity contribution is 0.0951. The van der Waals surface area contributed by atoms with Gasteiger partial charge in [-0.25, -0.2) is 0 Å². The van der Waals surface area contributed by atoms with Gasteiger partial charge in [-0.3, -0.25) is 9.20 Å². The van der Waals surface area contributed by atoms with Gasteiger partial charge >= 0.3 is 0 Å². The van der Waals surface area contributed by atoms with Gasteiger partial charge in [0.05, 0.1) is 5.56 Å². The second-order valence-corrected chi connectivity index (χ2v) is 7.43. The van der Waals surface area contributed by atoms with E-state index in [1.165, 1.54) is 12.8 Å². The van der Waals surface area contributed by atoms with Crippen LogP contribution >= 0.6 is 0 Å².